The summed E-state index contributed by atoms with van der Waals surface area (Å²) in [5.41, 5.74) is 13.8. The van der Waals surface area contributed by atoms with Crippen LogP contribution >= 0.6 is 0 Å². The lowest BCUT2D eigenvalue weighted by Crippen LogP contribution is -2.11. The molecule has 2 heterocycles. The highest BCUT2D eigenvalue weighted by atomic mass is 16.3. The van der Waals surface area contributed by atoms with Gasteiger partial charge in [-0.05, 0) is 105 Å². The lowest BCUT2D eigenvalue weighted by molar-refractivity contribution is 0.669. The monoisotopic (exact) mass is 703 g/mol. The first-order valence-corrected chi connectivity index (χ1v) is 18.7. The Labute approximate surface area is 317 Å². The molecule has 0 saturated heterocycles. The van der Waals surface area contributed by atoms with Crippen molar-refractivity contribution < 1.29 is 8.83 Å². The van der Waals surface area contributed by atoms with E-state index in [0.717, 1.165) is 83.2 Å². The molecule has 0 spiro atoms. The molecule has 0 bridgehead atoms. The number of anilines is 3. The van der Waals surface area contributed by atoms with Gasteiger partial charge in [0.2, 0.25) is 0 Å². The van der Waals surface area contributed by atoms with E-state index in [1.54, 1.807) is 0 Å². The fraction of sp³-hybridized carbons (Fsp3) is 0. The van der Waals surface area contributed by atoms with Gasteiger partial charge in [0.25, 0.3) is 0 Å². The Morgan fingerprint density at radius 3 is 1.64 bits per heavy atom. The minimum Gasteiger partial charge on any atom is -0.456 e. The van der Waals surface area contributed by atoms with E-state index in [4.69, 9.17) is 8.83 Å². The van der Waals surface area contributed by atoms with Crippen molar-refractivity contribution in [1.29, 1.82) is 0 Å². The van der Waals surface area contributed by atoms with Crippen LogP contribution < -0.4 is 4.90 Å². The third-order valence-corrected chi connectivity index (χ3v) is 10.9. The maximum absolute atomic E-state index is 6.24. The van der Waals surface area contributed by atoms with E-state index < -0.39 is 0 Å². The van der Waals surface area contributed by atoms with Crippen LogP contribution in [0.3, 0.4) is 0 Å². The van der Waals surface area contributed by atoms with Crippen LogP contribution in [0, 0.1) is 0 Å². The second kappa shape index (κ2) is 12.6. The van der Waals surface area contributed by atoms with Crippen LogP contribution in [-0.4, -0.2) is 0 Å². The summed E-state index contributed by atoms with van der Waals surface area (Å²) >= 11 is 0. The van der Waals surface area contributed by atoms with Crippen LogP contribution in [0.5, 0.6) is 0 Å². The molecule has 2 aromatic heterocycles. The number of fused-ring (bicyclic) bond motifs is 8. The Morgan fingerprint density at radius 1 is 0.309 bits per heavy atom. The maximum Gasteiger partial charge on any atom is 0.136 e. The summed E-state index contributed by atoms with van der Waals surface area (Å²) in [4.78, 5) is 2.37. The van der Waals surface area contributed by atoms with Gasteiger partial charge in [-0.1, -0.05) is 133 Å². The standard InChI is InChI=1S/C52H33NO2/c1-2-10-34(11-3-1)35-18-25-40(26-19-35)53(41-27-20-36(21-28-41)37-22-30-45-44-13-5-8-16-48(44)55-51(45)33-37)47-15-7-4-12-42(47)38-23-29-43-39(32-38)24-31-50-52(43)46-14-6-9-17-49(46)54-50/h1-33H. The minimum absolute atomic E-state index is 0.897. The van der Waals surface area contributed by atoms with Crippen LogP contribution in [-0.2, 0) is 0 Å². The van der Waals surface area contributed by atoms with Gasteiger partial charge in [0.05, 0.1) is 5.69 Å². The molecule has 11 rings (SSSR count). The predicted molar refractivity (Wildman–Crippen MR) is 229 cm³/mol. The Kier molecular flexibility index (Phi) is 7.17. The Hall–Kier alpha value is -7.36. The van der Waals surface area contributed by atoms with Gasteiger partial charge in [0, 0.05) is 38.5 Å². The van der Waals surface area contributed by atoms with Crippen molar-refractivity contribution in [2.45, 2.75) is 0 Å². The number of para-hydroxylation sites is 3. The van der Waals surface area contributed by atoms with Crippen LogP contribution in [0.1, 0.15) is 0 Å². The van der Waals surface area contributed by atoms with Crippen molar-refractivity contribution in [1.82, 2.24) is 0 Å². The molecule has 0 amide bonds. The highest BCUT2D eigenvalue weighted by Gasteiger charge is 2.19. The van der Waals surface area contributed by atoms with Gasteiger partial charge in [-0.3, -0.25) is 0 Å². The molecule has 0 saturated carbocycles. The molecule has 11 aromatic rings. The zero-order valence-electron chi connectivity index (χ0n) is 29.8. The first-order valence-electron chi connectivity index (χ1n) is 18.7. The van der Waals surface area contributed by atoms with Crippen LogP contribution in [0.4, 0.5) is 17.1 Å². The first kappa shape index (κ1) is 31.2. The fourth-order valence-electron chi connectivity index (χ4n) is 8.20. The molecule has 258 valence electrons. The van der Waals surface area contributed by atoms with Crippen molar-refractivity contribution in [3.8, 4) is 33.4 Å². The Morgan fingerprint density at radius 2 is 0.855 bits per heavy atom. The summed E-state index contributed by atoms with van der Waals surface area (Å²) in [5, 5.41) is 6.94. The summed E-state index contributed by atoms with van der Waals surface area (Å²) in [7, 11) is 0. The second-order valence-corrected chi connectivity index (χ2v) is 14.1. The van der Waals surface area contributed by atoms with Gasteiger partial charge in [0.15, 0.2) is 0 Å². The van der Waals surface area contributed by atoms with E-state index in [2.05, 4.69) is 181 Å². The molecule has 0 aliphatic rings. The van der Waals surface area contributed by atoms with E-state index in [-0.39, 0.29) is 0 Å². The topological polar surface area (TPSA) is 29.5 Å². The highest BCUT2D eigenvalue weighted by Crippen LogP contribution is 2.44. The third kappa shape index (κ3) is 5.28. The minimum atomic E-state index is 0.897. The molecule has 55 heavy (non-hydrogen) atoms. The fourth-order valence-corrected chi connectivity index (χ4v) is 8.20. The van der Waals surface area contributed by atoms with Crippen LogP contribution in [0.15, 0.2) is 209 Å². The molecule has 3 heteroatoms. The number of hydrogen-bond donors (Lipinski definition) is 0. The predicted octanol–water partition coefficient (Wildman–Crippen LogP) is 15.1. The van der Waals surface area contributed by atoms with Gasteiger partial charge in [-0.15, -0.1) is 0 Å². The molecule has 0 aliphatic heterocycles. The van der Waals surface area contributed by atoms with Gasteiger partial charge >= 0.3 is 0 Å². The van der Waals surface area contributed by atoms with E-state index in [0.29, 0.717) is 0 Å². The largest absolute Gasteiger partial charge is 0.456 e. The SMILES string of the molecule is c1ccc(-c2ccc(N(c3ccc(-c4ccc5c(c4)oc4ccccc45)cc3)c3ccccc3-c3ccc4c(ccc5oc6ccccc6c54)c3)cc2)cc1. The lowest BCUT2D eigenvalue weighted by atomic mass is 9.96. The number of furan rings is 2. The number of nitrogens with zero attached hydrogens (tertiary/aromatic N) is 1. The van der Waals surface area contributed by atoms with Crippen molar-refractivity contribution in [2.75, 3.05) is 4.90 Å². The van der Waals surface area contributed by atoms with Gasteiger partial charge in [0.1, 0.15) is 22.3 Å². The van der Waals surface area contributed by atoms with Crippen molar-refractivity contribution in [3.63, 3.8) is 0 Å². The molecular weight excluding hydrogens is 671 g/mol. The molecule has 0 aliphatic carbocycles. The average Bonchev–Trinajstić information content (AvgIpc) is 3.83. The summed E-state index contributed by atoms with van der Waals surface area (Å²) in [6.45, 7) is 0. The summed E-state index contributed by atoms with van der Waals surface area (Å²) in [6, 6.07) is 71.1. The van der Waals surface area contributed by atoms with Gasteiger partial charge in [-0.2, -0.15) is 0 Å². The normalized spacial score (nSPS) is 11.6. The number of benzene rings is 9. The molecular formula is C52H33NO2. The Balaban J connectivity index is 1.03. The van der Waals surface area contributed by atoms with Crippen molar-refractivity contribution in [3.05, 3.63) is 200 Å². The number of hydrogen-bond acceptors (Lipinski definition) is 3. The van der Waals surface area contributed by atoms with E-state index >= 15 is 0 Å². The molecule has 3 nitrogen and oxygen atoms in total. The number of rotatable bonds is 6. The molecule has 0 radical (unpaired) electrons. The highest BCUT2D eigenvalue weighted by molar-refractivity contribution is 6.19. The van der Waals surface area contributed by atoms with E-state index in [1.807, 2.05) is 24.3 Å². The first-order chi connectivity index (χ1) is 27.2. The third-order valence-electron chi connectivity index (χ3n) is 10.9. The van der Waals surface area contributed by atoms with Gasteiger partial charge < -0.3 is 13.7 Å². The molecule has 0 unspecified atom stereocenters. The molecule has 0 atom stereocenters. The second-order valence-electron chi connectivity index (χ2n) is 14.1. The average molecular weight is 704 g/mol. The van der Waals surface area contributed by atoms with E-state index in [9.17, 15) is 0 Å². The maximum atomic E-state index is 6.24. The smallest absolute Gasteiger partial charge is 0.136 e. The van der Waals surface area contributed by atoms with Crippen LogP contribution in [0.25, 0.3) is 88.0 Å². The summed E-state index contributed by atoms with van der Waals surface area (Å²) < 4.78 is 12.5. The van der Waals surface area contributed by atoms with Gasteiger partial charge in [-0.25, -0.2) is 0 Å². The molecule has 0 fully saturated rings. The summed E-state index contributed by atoms with van der Waals surface area (Å²) in [5.74, 6) is 0. The van der Waals surface area contributed by atoms with Crippen molar-refractivity contribution >= 4 is 71.7 Å². The van der Waals surface area contributed by atoms with E-state index in [1.165, 1.54) is 21.9 Å². The quantitative estimate of drug-likeness (QED) is 0.173. The zero-order chi connectivity index (χ0) is 36.3. The molecule has 9 aromatic carbocycles. The zero-order valence-corrected chi connectivity index (χ0v) is 29.8. The van der Waals surface area contributed by atoms with Crippen molar-refractivity contribution in [2.24, 2.45) is 0 Å². The lowest BCUT2D eigenvalue weighted by Gasteiger charge is -2.28. The summed E-state index contributed by atoms with van der Waals surface area (Å²) in [6.07, 6.45) is 0. The molecule has 0 N–H and O–H groups in total. The van der Waals surface area contributed by atoms with Crippen LogP contribution in [0.2, 0.25) is 0 Å². The Bertz CT molecular complexity index is 3190.